The molecule has 1 aromatic rings. The fraction of sp³-hybridized carbons (Fsp3) is 0.500. The Hall–Kier alpha value is -3.17. The highest BCUT2D eigenvalue weighted by molar-refractivity contribution is 7.80. The molecule has 0 bridgehead atoms. The van der Waals surface area contributed by atoms with E-state index >= 15 is 0 Å². The lowest BCUT2D eigenvalue weighted by molar-refractivity contribution is -0.143. The number of rotatable bonds is 13. The van der Waals surface area contributed by atoms with E-state index in [4.69, 9.17) is 21.7 Å². The second-order valence-corrected chi connectivity index (χ2v) is 6.81. The summed E-state index contributed by atoms with van der Waals surface area (Å²) in [6, 6.07) is -5.36. The number of aliphatic hydroxyl groups excluding tert-OH is 1. The molecular weight excluding hydrogens is 434 g/mol. The van der Waals surface area contributed by atoms with Crippen molar-refractivity contribution in [2.45, 2.75) is 37.0 Å². The van der Waals surface area contributed by atoms with E-state index in [0.717, 1.165) is 0 Å². The Balaban J connectivity index is 2.90. The van der Waals surface area contributed by atoms with Gasteiger partial charge >= 0.3 is 5.97 Å². The first kappa shape index (κ1) is 25.9. The van der Waals surface area contributed by atoms with E-state index in [1.54, 1.807) is 0 Å². The molecule has 14 nitrogen and oxygen atoms in total. The Kier molecular flexibility index (Phi) is 10.4. The fourth-order valence-corrected chi connectivity index (χ4v) is 2.60. The number of carboxylic acids is 1. The van der Waals surface area contributed by atoms with Crippen molar-refractivity contribution >= 4 is 42.2 Å². The third-order valence-electron chi connectivity index (χ3n) is 3.98. The maximum absolute atomic E-state index is 12.6. The number of imidazole rings is 1. The fourth-order valence-electron chi connectivity index (χ4n) is 2.34. The number of aliphatic carboxylic acids is 1. The number of nitrogens with one attached hydrogen (secondary N) is 4. The van der Waals surface area contributed by atoms with Crippen molar-refractivity contribution in [1.82, 2.24) is 25.9 Å². The molecule has 15 heteroatoms. The van der Waals surface area contributed by atoms with Crippen LogP contribution >= 0.6 is 12.6 Å². The van der Waals surface area contributed by atoms with Crippen molar-refractivity contribution < 1.29 is 34.2 Å². The molecule has 0 spiro atoms. The molecule has 0 radical (unpaired) electrons. The summed E-state index contributed by atoms with van der Waals surface area (Å²) in [7, 11) is 0. The van der Waals surface area contributed by atoms with Gasteiger partial charge in [0, 0.05) is 24.1 Å². The van der Waals surface area contributed by atoms with Crippen molar-refractivity contribution in [1.29, 1.82) is 0 Å². The van der Waals surface area contributed by atoms with Crippen LogP contribution in [0.15, 0.2) is 12.5 Å². The molecule has 0 aromatic carbocycles. The van der Waals surface area contributed by atoms with Crippen LogP contribution in [0.2, 0.25) is 0 Å². The minimum absolute atomic E-state index is 0.0935. The van der Waals surface area contributed by atoms with Gasteiger partial charge in [-0.1, -0.05) is 0 Å². The second-order valence-electron chi connectivity index (χ2n) is 6.44. The Morgan fingerprint density at radius 2 is 1.65 bits per heavy atom. The SMILES string of the molecule is NC(=O)CC(N)C(=O)NC(CS)C(=O)NC(Cc1cnc[nH]1)C(=O)NC(CO)C(=O)O. The standard InChI is InChI=1S/C16H25N7O7S/c17-8(2-12(18)25)13(26)23-11(5-31)15(28)21-9(1-7-3-19-6-20-7)14(27)22-10(4-24)16(29)30/h3,6,8-11,24,31H,1-2,4-5,17H2,(H2,18,25)(H,19,20)(H,21,28)(H,22,27)(H,23,26)(H,29,30). The van der Waals surface area contributed by atoms with Crippen molar-refractivity contribution in [2.24, 2.45) is 11.5 Å². The summed E-state index contributed by atoms with van der Waals surface area (Å²) >= 11 is 3.99. The van der Waals surface area contributed by atoms with Crippen molar-refractivity contribution in [3.63, 3.8) is 0 Å². The van der Waals surface area contributed by atoms with E-state index in [2.05, 4.69) is 38.5 Å². The van der Waals surface area contributed by atoms with Gasteiger partial charge in [-0.2, -0.15) is 12.6 Å². The number of carbonyl (C=O) groups excluding carboxylic acids is 4. The van der Waals surface area contributed by atoms with Gasteiger partial charge in [0.15, 0.2) is 0 Å². The van der Waals surface area contributed by atoms with Crippen LogP contribution in [0.1, 0.15) is 12.1 Å². The van der Waals surface area contributed by atoms with Crippen LogP contribution in [0.4, 0.5) is 0 Å². The topological polar surface area (TPSA) is 243 Å². The number of aliphatic hydroxyl groups is 1. The number of aromatic nitrogens is 2. The summed E-state index contributed by atoms with van der Waals surface area (Å²) in [6.07, 6.45) is 2.21. The predicted octanol–water partition coefficient (Wildman–Crippen LogP) is -4.38. The Labute approximate surface area is 181 Å². The number of nitrogens with zero attached hydrogens (tertiary/aromatic N) is 1. The molecule has 4 atom stereocenters. The molecule has 10 N–H and O–H groups in total. The summed E-state index contributed by atoms with van der Waals surface area (Å²) in [5.41, 5.74) is 11.0. The number of thiol groups is 1. The van der Waals surface area contributed by atoms with Crippen LogP contribution in [0, 0.1) is 0 Å². The number of hydrogen-bond acceptors (Lipinski definition) is 9. The smallest absolute Gasteiger partial charge is 0.328 e. The van der Waals surface area contributed by atoms with Gasteiger partial charge in [-0.3, -0.25) is 19.2 Å². The third-order valence-corrected chi connectivity index (χ3v) is 4.35. The highest BCUT2D eigenvalue weighted by Crippen LogP contribution is 2.02. The van der Waals surface area contributed by atoms with Crippen LogP contribution in [0.5, 0.6) is 0 Å². The largest absolute Gasteiger partial charge is 0.480 e. The molecule has 1 aromatic heterocycles. The number of carboxylic acid groups (broad SMARTS) is 1. The van der Waals surface area contributed by atoms with Crippen molar-refractivity contribution in [3.05, 3.63) is 18.2 Å². The Morgan fingerprint density at radius 3 is 2.13 bits per heavy atom. The van der Waals surface area contributed by atoms with Gasteiger partial charge in [0.05, 0.1) is 25.4 Å². The summed E-state index contributed by atoms with van der Waals surface area (Å²) < 4.78 is 0. The lowest BCUT2D eigenvalue weighted by atomic mass is 10.1. The van der Waals surface area contributed by atoms with Crippen LogP contribution in [-0.2, 0) is 30.4 Å². The van der Waals surface area contributed by atoms with E-state index in [-0.39, 0.29) is 12.2 Å². The van der Waals surface area contributed by atoms with E-state index in [1.165, 1.54) is 12.5 Å². The van der Waals surface area contributed by atoms with Crippen LogP contribution in [0.25, 0.3) is 0 Å². The van der Waals surface area contributed by atoms with Gasteiger partial charge in [-0.15, -0.1) is 0 Å². The number of nitrogens with two attached hydrogens (primary N) is 2. The third kappa shape index (κ3) is 8.61. The molecule has 0 aliphatic rings. The number of amides is 4. The minimum Gasteiger partial charge on any atom is -0.480 e. The van der Waals surface area contributed by atoms with E-state index in [1.807, 2.05) is 0 Å². The number of hydrogen-bond donors (Lipinski definition) is 9. The van der Waals surface area contributed by atoms with Gasteiger partial charge in [-0.05, 0) is 0 Å². The average molecular weight is 459 g/mol. The normalized spacial score (nSPS) is 14.5. The lowest BCUT2D eigenvalue weighted by Gasteiger charge is -2.24. The number of H-pyrrole nitrogens is 1. The maximum Gasteiger partial charge on any atom is 0.328 e. The molecule has 0 fully saturated rings. The predicted molar refractivity (Wildman–Crippen MR) is 108 cm³/mol. The zero-order chi connectivity index (χ0) is 23.6. The summed E-state index contributed by atoms with van der Waals surface area (Å²) in [6.45, 7) is -0.862. The summed E-state index contributed by atoms with van der Waals surface area (Å²) in [5, 5.41) is 24.9. The van der Waals surface area contributed by atoms with Crippen molar-refractivity contribution in [2.75, 3.05) is 12.4 Å². The quantitative estimate of drug-likeness (QED) is 0.129. The maximum atomic E-state index is 12.6. The molecule has 4 amide bonds. The zero-order valence-corrected chi connectivity index (χ0v) is 17.2. The molecule has 172 valence electrons. The zero-order valence-electron chi connectivity index (χ0n) is 16.3. The van der Waals surface area contributed by atoms with E-state index in [0.29, 0.717) is 5.69 Å². The first-order chi connectivity index (χ1) is 14.6. The molecule has 1 heterocycles. The molecule has 31 heavy (non-hydrogen) atoms. The monoisotopic (exact) mass is 459 g/mol. The summed E-state index contributed by atoms with van der Waals surface area (Å²) in [5.74, 6) is -4.97. The Bertz CT molecular complexity index is 789. The molecule has 0 saturated carbocycles. The molecule has 0 aliphatic heterocycles. The first-order valence-electron chi connectivity index (χ1n) is 8.95. The molecular formula is C16H25N7O7S. The van der Waals surface area contributed by atoms with E-state index in [9.17, 15) is 24.0 Å². The van der Waals surface area contributed by atoms with Crippen LogP contribution in [-0.4, -0.2) is 86.3 Å². The number of primary amides is 1. The van der Waals surface area contributed by atoms with Gasteiger partial charge in [-0.25, -0.2) is 9.78 Å². The van der Waals surface area contributed by atoms with E-state index < -0.39 is 66.8 Å². The molecule has 1 rings (SSSR count). The van der Waals surface area contributed by atoms with Crippen LogP contribution < -0.4 is 27.4 Å². The molecule has 0 saturated heterocycles. The highest BCUT2D eigenvalue weighted by Gasteiger charge is 2.30. The summed E-state index contributed by atoms with van der Waals surface area (Å²) in [4.78, 5) is 65.7. The molecule has 4 unspecified atom stereocenters. The van der Waals surface area contributed by atoms with Gasteiger partial charge < -0.3 is 42.6 Å². The second kappa shape index (κ2) is 12.5. The van der Waals surface area contributed by atoms with Gasteiger partial charge in [0.25, 0.3) is 0 Å². The first-order valence-corrected chi connectivity index (χ1v) is 9.59. The highest BCUT2D eigenvalue weighted by atomic mass is 32.1. The van der Waals surface area contributed by atoms with Gasteiger partial charge in [0.1, 0.15) is 18.1 Å². The molecule has 0 aliphatic carbocycles. The Morgan fingerprint density at radius 1 is 1.06 bits per heavy atom. The minimum atomic E-state index is -1.58. The lowest BCUT2D eigenvalue weighted by Crippen LogP contribution is -2.58. The van der Waals surface area contributed by atoms with Crippen molar-refractivity contribution in [3.8, 4) is 0 Å². The average Bonchev–Trinajstić information content (AvgIpc) is 3.21. The number of aromatic amines is 1. The van der Waals surface area contributed by atoms with Crippen LogP contribution in [0.3, 0.4) is 0 Å². The van der Waals surface area contributed by atoms with Gasteiger partial charge in [0.2, 0.25) is 23.6 Å². The number of carbonyl (C=O) groups is 5.